The molecule has 0 aliphatic carbocycles. The van der Waals surface area contributed by atoms with Gasteiger partial charge in [0.05, 0.1) is 23.9 Å². The van der Waals surface area contributed by atoms with Gasteiger partial charge in [-0.05, 0) is 42.8 Å². The van der Waals surface area contributed by atoms with Crippen molar-refractivity contribution in [1.29, 1.82) is 0 Å². The van der Waals surface area contributed by atoms with Crippen LogP contribution in [-0.4, -0.2) is 35.1 Å². The number of carbonyl (C=O) groups excluding carboxylic acids is 1. The van der Waals surface area contributed by atoms with Crippen molar-refractivity contribution in [2.75, 3.05) is 13.7 Å². The van der Waals surface area contributed by atoms with Crippen LogP contribution >= 0.6 is 0 Å². The van der Waals surface area contributed by atoms with Crippen LogP contribution in [0.5, 0.6) is 0 Å². The summed E-state index contributed by atoms with van der Waals surface area (Å²) < 4.78 is 20.0. The van der Waals surface area contributed by atoms with Gasteiger partial charge in [-0.25, -0.2) is 9.37 Å². The van der Waals surface area contributed by atoms with Crippen LogP contribution in [-0.2, 0) is 4.74 Å². The summed E-state index contributed by atoms with van der Waals surface area (Å²) in [7, 11) is 1.61. The smallest absolute Gasteiger partial charge is 0.253 e. The van der Waals surface area contributed by atoms with Gasteiger partial charge in [0.15, 0.2) is 0 Å². The monoisotopic (exact) mass is 341 g/mol. The second kappa shape index (κ2) is 7.44. The average Bonchev–Trinajstić information content (AvgIpc) is 3.05. The number of carbonyl (C=O) groups is 1. The van der Waals surface area contributed by atoms with Gasteiger partial charge in [0, 0.05) is 25.1 Å². The van der Waals surface area contributed by atoms with Gasteiger partial charge >= 0.3 is 0 Å². The van der Waals surface area contributed by atoms with E-state index in [1.54, 1.807) is 42.0 Å². The number of pyridine rings is 1. The second-order valence-electron chi connectivity index (χ2n) is 5.85. The van der Waals surface area contributed by atoms with E-state index in [1.807, 2.05) is 13.1 Å². The highest BCUT2D eigenvalue weighted by Gasteiger charge is 2.13. The fourth-order valence-corrected chi connectivity index (χ4v) is 2.62. The number of amides is 1. The number of fused-ring (bicyclic) bond motifs is 1. The highest BCUT2D eigenvalue weighted by Crippen LogP contribution is 2.20. The summed E-state index contributed by atoms with van der Waals surface area (Å²) in [5.74, 6) is -0.434. The van der Waals surface area contributed by atoms with Crippen molar-refractivity contribution < 1.29 is 13.9 Å². The summed E-state index contributed by atoms with van der Waals surface area (Å²) in [6.07, 6.45) is 4.36. The molecule has 6 heteroatoms. The van der Waals surface area contributed by atoms with Crippen LogP contribution in [0.15, 0.2) is 48.8 Å². The number of rotatable bonds is 6. The lowest BCUT2D eigenvalue weighted by Gasteiger charge is -2.15. The number of ether oxygens (including phenoxy) is 1. The van der Waals surface area contributed by atoms with Crippen LogP contribution in [0.25, 0.3) is 16.9 Å². The SMILES string of the molecule is CCC(COC)NC(=O)c1ccc2nc(-c3ccc(F)cc3)cn2c1. The minimum Gasteiger partial charge on any atom is -0.383 e. The molecule has 3 aromatic rings. The number of hydrogen-bond acceptors (Lipinski definition) is 3. The normalized spacial score (nSPS) is 12.3. The Morgan fingerprint density at radius 3 is 2.68 bits per heavy atom. The number of hydrogen-bond donors (Lipinski definition) is 1. The van der Waals surface area contributed by atoms with Crippen molar-refractivity contribution in [3.05, 3.63) is 60.2 Å². The van der Waals surface area contributed by atoms with E-state index in [-0.39, 0.29) is 17.8 Å². The molecule has 0 aliphatic rings. The summed E-state index contributed by atoms with van der Waals surface area (Å²) in [5.41, 5.74) is 2.82. The first-order valence-corrected chi connectivity index (χ1v) is 8.15. The highest BCUT2D eigenvalue weighted by molar-refractivity contribution is 5.94. The minimum atomic E-state index is -0.284. The average molecular weight is 341 g/mol. The highest BCUT2D eigenvalue weighted by atomic mass is 19.1. The number of nitrogens with one attached hydrogen (secondary N) is 1. The third-order valence-corrected chi connectivity index (χ3v) is 4.05. The van der Waals surface area contributed by atoms with Crippen molar-refractivity contribution in [3.8, 4) is 11.3 Å². The van der Waals surface area contributed by atoms with E-state index < -0.39 is 0 Å². The molecule has 1 aromatic carbocycles. The van der Waals surface area contributed by atoms with E-state index in [9.17, 15) is 9.18 Å². The predicted octanol–water partition coefficient (Wildman–Crippen LogP) is 3.30. The van der Waals surface area contributed by atoms with Crippen LogP contribution in [0.2, 0.25) is 0 Å². The first-order valence-electron chi connectivity index (χ1n) is 8.15. The van der Waals surface area contributed by atoms with E-state index in [4.69, 9.17) is 4.74 Å². The molecule has 1 N–H and O–H groups in total. The van der Waals surface area contributed by atoms with Crippen LogP contribution in [0.3, 0.4) is 0 Å². The lowest BCUT2D eigenvalue weighted by molar-refractivity contribution is 0.0894. The molecule has 5 nitrogen and oxygen atoms in total. The van der Waals surface area contributed by atoms with Gasteiger partial charge in [-0.1, -0.05) is 6.92 Å². The predicted molar refractivity (Wildman–Crippen MR) is 94.0 cm³/mol. The zero-order valence-electron chi connectivity index (χ0n) is 14.2. The molecule has 25 heavy (non-hydrogen) atoms. The molecule has 0 radical (unpaired) electrons. The molecule has 0 bridgehead atoms. The fourth-order valence-electron chi connectivity index (χ4n) is 2.62. The lowest BCUT2D eigenvalue weighted by atomic mass is 10.2. The maximum absolute atomic E-state index is 13.1. The number of halogens is 1. The summed E-state index contributed by atoms with van der Waals surface area (Å²) in [6.45, 7) is 2.47. The molecule has 2 aromatic heterocycles. The Morgan fingerprint density at radius 1 is 1.24 bits per heavy atom. The molecular weight excluding hydrogens is 321 g/mol. The van der Waals surface area contributed by atoms with Gasteiger partial charge < -0.3 is 14.5 Å². The van der Waals surface area contributed by atoms with Gasteiger partial charge in [-0.3, -0.25) is 4.79 Å². The van der Waals surface area contributed by atoms with Crippen LogP contribution in [0.1, 0.15) is 23.7 Å². The fraction of sp³-hybridized carbons (Fsp3) is 0.263. The Balaban J connectivity index is 1.84. The molecule has 0 saturated carbocycles. The second-order valence-corrected chi connectivity index (χ2v) is 5.85. The third kappa shape index (κ3) is 3.85. The maximum Gasteiger partial charge on any atom is 0.253 e. The van der Waals surface area contributed by atoms with Crippen LogP contribution in [0, 0.1) is 5.82 Å². The topological polar surface area (TPSA) is 55.6 Å². The van der Waals surface area contributed by atoms with Gasteiger partial charge in [0.1, 0.15) is 11.5 Å². The van der Waals surface area contributed by atoms with E-state index in [1.165, 1.54) is 12.1 Å². The third-order valence-electron chi connectivity index (χ3n) is 4.05. The van der Waals surface area contributed by atoms with Crippen LogP contribution < -0.4 is 5.32 Å². The van der Waals surface area contributed by atoms with E-state index in [0.717, 1.165) is 23.3 Å². The summed E-state index contributed by atoms with van der Waals surface area (Å²) in [6, 6.07) is 9.68. The number of benzene rings is 1. The van der Waals surface area contributed by atoms with Crippen LogP contribution in [0.4, 0.5) is 4.39 Å². The molecule has 130 valence electrons. The van der Waals surface area contributed by atoms with Crippen molar-refractivity contribution in [1.82, 2.24) is 14.7 Å². The number of imidazole rings is 1. The van der Waals surface area contributed by atoms with E-state index in [0.29, 0.717) is 12.2 Å². The van der Waals surface area contributed by atoms with E-state index >= 15 is 0 Å². The Kier molecular flexibility index (Phi) is 5.09. The quantitative estimate of drug-likeness (QED) is 0.748. The molecule has 3 rings (SSSR count). The Morgan fingerprint density at radius 2 is 2.00 bits per heavy atom. The van der Waals surface area contributed by atoms with Gasteiger partial charge in [-0.15, -0.1) is 0 Å². The number of methoxy groups -OCH3 is 1. The molecule has 2 heterocycles. The molecule has 0 spiro atoms. The first kappa shape index (κ1) is 17.1. The largest absolute Gasteiger partial charge is 0.383 e. The first-order chi connectivity index (χ1) is 12.1. The van der Waals surface area contributed by atoms with Crippen molar-refractivity contribution >= 4 is 11.6 Å². The minimum absolute atomic E-state index is 0.0224. The molecule has 0 aliphatic heterocycles. The summed E-state index contributed by atoms with van der Waals surface area (Å²) in [5, 5.41) is 2.95. The number of aromatic nitrogens is 2. The Labute approximate surface area is 145 Å². The van der Waals surface area contributed by atoms with E-state index in [2.05, 4.69) is 10.3 Å². The van der Waals surface area contributed by atoms with Gasteiger partial charge in [0.25, 0.3) is 5.91 Å². The molecular formula is C19H20FN3O2. The lowest BCUT2D eigenvalue weighted by Crippen LogP contribution is -2.37. The Bertz CT molecular complexity index is 874. The molecule has 0 saturated heterocycles. The molecule has 1 unspecified atom stereocenters. The molecule has 0 fully saturated rings. The standard InChI is InChI=1S/C19H20FN3O2/c1-3-16(12-25-2)21-19(24)14-6-9-18-22-17(11-23(18)10-14)13-4-7-15(20)8-5-13/h4-11,16H,3,12H2,1-2H3,(H,21,24). The van der Waals surface area contributed by atoms with Crippen molar-refractivity contribution in [2.45, 2.75) is 19.4 Å². The zero-order chi connectivity index (χ0) is 17.8. The zero-order valence-corrected chi connectivity index (χ0v) is 14.2. The van der Waals surface area contributed by atoms with Gasteiger partial charge in [-0.2, -0.15) is 0 Å². The summed E-state index contributed by atoms with van der Waals surface area (Å²) >= 11 is 0. The Hall–Kier alpha value is -2.73. The number of nitrogens with zero attached hydrogens (tertiary/aromatic N) is 2. The summed E-state index contributed by atoms with van der Waals surface area (Å²) in [4.78, 5) is 16.9. The maximum atomic E-state index is 13.1. The molecule has 1 atom stereocenters. The van der Waals surface area contributed by atoms with Crippen molar-refractivity contribution in [2.24, 2.45) is 0 Å². The van der Waals surface area contributed by atoms with Crippen molar-refractivity contribution in [3.63, 3.8) is 0 Å². The van der Waals surface area contributed by atoms with Gasteiger partial charge in [0.2, 0.25) is 0 Å². The molecule has 1 amide bonds.